The molecule has 0 saturated heterocycles. The van der Waals surface area contributed by atoms with Crippen molar-refractivity contribution < 1.29 is 15.4 Å². The third kappa shape index (κ3) is 2.40. The van der Waals surface area contributed by atoms with Crippen molar-refractivity contribution in [3.05, 3.63) is 29.5 Å². The summed E-state index contributed by atoms with van der Waals surface area (Å²) in [6.45, 7) is 1.71. The lowest BCUT2D eigenvalue weighted by atomic mass is 10.2. The number of hydrogen-bond acceptors (Lipinski definition) is 4. The standard InChI is InChI=1S/C10H13NO3/c1-7(11(2)14)5-8-3-4-9(12)10(13)6-8/h3-6,12-14H,1-2H3/p-1/b7-5-. The van der Waals surface area contributed by atoms with Crippen LogP contribution < -0.4 is 5.11 Å². The van der Waals surface area contributed by atoms with Gasteiger partial charge in [-0.25, -0.2) is 0 Å². The molecule has 0 radical (unpaired) electrons. The van der Waals surface area contributed by atoms with E-state index in [2.05, 4.69) is 0 Å². The van der Waals surface area contributed by atoms with Crippen molar-refractivity contribution in [3.63, 3.8) is 0 Å². The van der Waals surface area contributed by atoms with E-state index >= 15 is 0 Å². The van der Waals surface area contributed by atoms with Crippen molar-refractivity contribution >= 4 is 6.08 Å². The van der Waals surface area contributed by atoms with Crippen molar-refractivity contribution in [2.45, 2.75) is 6.92 Å². The fourth-order valence-electron chi connectivity index (χ4n) is 0.959. The maximum absolute atomic E-state index is 10.9. The summed E-state index contributed by atoms with van der Waals surface area (Å²) >= 11 is 0. The lowest BCUT2D eigenvalue weighted by molar-refractivity contribution is -0.270. The Labute approximate surface area is 82.3 Å². The van der Waals surface area contributed by atoms with Gasteiger partial charge >= 0.3 is 0 Å². The number of rotatable bonds is 2. The number of phenols is 1. The van der Waals surface area contributed by atoms with Crippen LogP contribution in [0.3, 0.4) is 0 Å². The summed E-state index contributed by atoms with van der Waals surface area (Å²) in [6, 6.07) is 4.22. The lowest BCUT2D eigenvalue weighted by Crippen LogP contribution is -2.08. The third-order valence-electron chi connectivity index (χ3n) is 1.87. The second-order valence-electron chi connectivity index (χ2n) is 3.04. The van der Waals surface area contributed by atoms with Gasteiger partial charge in [0.15, 0.2) is 0 Å². The SMILES string of the molecule is C/C(=C/c1ccc([O-])c(O)c1)N(C)O. The molecule has 1 aromatic rings. The van der Waals surface area contributed by atoms with Crippen LogP contribution in [0.25, 0.3) is 6.08 Å². The summed E-state index contributed by atoms with van der Waals surface area (Å²) in [5.41, 5.74) is 1.28. The number of allylic oxidation sites excluding steroid dienone is 1. The minimum atomic E-state index is -0.405. The molecule has 2 N–H and O–H groups in total. The molecule has 0 bridgehead atoms. The van der Waals surface area contributed by atoms with E-state index in [-0.39, 0.29) is 5.75 Å². The fraction of sp³-hybridized carbons (Fsp3) is 0.200. The first kappa shape index (κ1) is 10.4. The van der Waals surface area contributed by atoms with Gasteiger partial charge in [-0.2, -0.15) is 0 Å². The summed E-state index contributed by atoms with van der Waals surface area (Å²) < 4.78 is 0. The molecule has 0 aliphatic heterocycles. The predicted molar refractivity (Wildman–Crippen MR) is 50.8 cm³/mol. The summed E-state index contributed by atoms with van der Waals surface area (Å²) in [7, 11) is 1.49. The molecule has 4 nitrogen and oxygen atoms in total. The Balaban J connectivity index is 2.98. The van der Waals surface area contributed by atoms with Crippen LogP contribution in [0.1, 0.15) is 12.5 Å². The molecule has 0 amide bonds. The van der Waals surface area contributed by atoms with Crippen molar-refractivity contribution in [1.29, 1.82) is 0 Å². The lowest BCUT2D eigenvalue weighted by Gasteiger charge is -2.12. The van der Waals surface area contributed by atoms with Gasteiger partial charge in [-0.15, -0.1) is 0 Å². The molecule has 0 saturated carbocycles. The topological polar surface area (TPSA) is 66.8 Å². The second-order valence-corrected chi connectivity index (χ2v) is 3.04. The van der Waals surface area contributed by atoms with Crippen molar-refractivity contribution in [2.75, 3.05) is 7.05 Å². The molecular formula is C10H12NO3-. The van der Waals surface area contributed by atoms with Crippen molar-refractivity contribution in [2.24, 2.45) is 0 Å². The normalized spacial score (nSPS) is 11.5. The van der Waals surface area contributed by atoms with E-state index in [1.165, 1.54) is 19.2 Å². The zero-order valence-corrected chi connectivity index (χ0v) is 8.06. The predicted octanol–water partition coefficient (Wildman–Crippen LogP) is 1.15. The average Bonchev–Trinajstić information content (AvgIpc) is 2.11. The number of hydrogen-bond donors (Lipinski definition) is 2. The molecule has 0 atom stereocenters. The van der Waals surface area contributed by atoms with Crippen LogP contribution in [0.4, 0.5) is 0 Å². The number of hydroxylamine groups is 2. The van der Waals surface area contributed by atoms with E-state index in [4.69, 9.17) is 10.3 Å². The first-order valence-corrected chi connectivity index (χ1v) is 4.11. The maximum Gasteiger partial charge on any atom is 0.108 e. The quantitative estimate of drug-likeness (QED) is 0.693. The highest BCUT2D eigenvalue weighted by atomic mass is 16.5. The van der Waals surface area contributed by atoms with Crippen LogP contribution in [0, 0.1) is 0 Å². The highest BCUT2D eigenvalue weighted by molar-refractivity contribution is 5.56. The largest absolute Gasteiger partial charge is 0.870 e. The molecule has 4 heteroatoms. The molecule has 0 heterocycles. The smallest absolute Gasteiger partial charge is 0.108 e. The maximum atomic E-state index is 10.9. The number of nitrogens with zero attached hydrogens (tertiary/aromatic N) is 1. The Morgan fingerprint density at radius 2 is 2.14 bits per heavy atom. The van der Waals surface area contributed by atoms with E-state index in [9.17, 15) is 5.11 Å². The molecule has 0 aliphatic rings. The van der Waals surface area contributed by atoms with Crippen LogP contribution in [-0.2, 0) is 0 Å². The Morgan fingerprint density at radius 1 is 1.50 bits per heavy atom. The minimum Gasteiger partial charge on any atom is -0.870 e. The van der Waals surface area contributed by atoms with Gasteiger partial charge in [0.2, 0.25) is 0 Å². The summed E-state index contributed by atoms with van der Waals surface area (Å²) in [4.78, 5) is 0. The molecule has 76 valence electrons. The fourth-order valence-corrected chi connectivity index (χ4v) is 0.959. The zero-order chi connectivity index (χ0) is 10.7. The molecule has 1 rings (SSSR count). The van der Waals surface area contributed by atoms with Crippen LogP contribution in [0.15, 0.2) is 23.9 Å². The van der Waals surface area contributed by atoms with E-state index in [0.29, 0.717) is 11.3 Å². The van der Waals surface area contributed by atoms with E-state index < -0.39 is 5.75 Å². The van der Waals surface area contributed by atoms with Crippen LogP contribution in [-0.4, -0.2) is 22.4 Å². The Kier molecular flexibility index (Phi) is 2.99. The second kappa shape index (κ2) is 4.02. The van der Waals surface area contributed by atoms with Gasteiger partial charge in [-0.1, -0.05) is 17.9 Å². The Bertz CT molecular complexity index is 358. The van der Waals surface area contributed by atoms with E-state index in [1.54, 1.807) is 19.1 Å². The summed E-state index contributed by atoms with van der Waals surface area (Å²) in [5, 5.41) is 30.0. The van der Waals surface area contributed by atoms with Gasteiger partial charge in [0.25, 0.3) is 0 Å². The number of benzene rings is 1. The minimum absolute atomic E-state index is 0.285. The van der Waals surface area contributed by atoms with Crippen molar-refractivity contribution in [1.82, 2.24) is 5.06 Å². The highest BCUT2D eigenvalue weighted by Gasteiger charge is 1.96. The third-order valence-corrected chi connectivity index (χ3v) is 1.87. The Hall–Kier alpha value is -1.68. The van der Waals surface area contributed by atoms with Gasteiger partial charge < -0.3 is 10.2 Å². The summed E-state index contributed by atoms with van der Waals surface area (Å²) in [6.07, 6.45) is 1.65. The highest BCUT2D eigenvalue weighted by Crippen LogP contribution is 2.23. The first-order chi connectivity index (χ1) is 6.50. The molecule has 0 fully saturated rings. The Morgan fingerprint density at radius 3 is 2.64 bits per heavy atom. The zero-order valence-electron chi connectivity index (χ0n) is 8.06. The van der Waals surface area contributed by atoms with Gasteiger partial charge in [-0.05, 0) is 24.6 Å². The summed E-state index contributed by atoms with van der Waals surface area (Å²) in [5.74, 6) is -0.690. The van der Waals surface area contributed by atoms with Crippen LogP contribution in [0.5, 0.6) is 11.5 Å². The van der Waals surface area contributed by atoms with Gasteiger partial charge in [0, 0.05) is 12.7 Å². The average molecular weight is 194 g/mol. The van der Waals surface area contributed by atoms with Gasteiger partial charge in [0.1, 0.15) is 5.75 Å². The molecular weight excluding hydrogens is 182 g/mol. The van der Waals surface area contributed by atoms with E-state index in [1.807, 2.05) is 0 Å². The van der Waals surface area contributed by atoms with Gasteiger partial charge in [-0.3, -0.25) is 10.3 Å². The monoisotopic (exact) mass is 194 g/mol. The molecule has 1 aromatic carbocycles. The molecule has 0 unspecified atom stereocenters. The molecule has 0 aliphatic carbocycles. The van der Waals surface area contributed by atoms with Crippen LogP contribution in [0.2, 0.25) is 0 Å². The molecule has 0 aromatic heterocycles. The first-order valence-electron chi connectivity index (χ1n) is 4.11. The molecule has 14 heavy (non-hydrogen) atoms. The molecule has 0 spiro atoms. The van der Waals surface area contributed by atoms with E-state index in [0.717, 1.165) is 5.06 Å². The number of aromatic hydroxyl groups is 1. The van der Waals surface area contributed by atoms with Gasteiger partial charge in [0.05, 0.1) is 0 Å². The van der Waals surface area contributed by atoms with Crippen LogP contribution >= 0.6 is 0 Å². The van der Waals surface area contributed by atoms with Crippen molar-refractivity contribution in [3.8, 4) is 11.5 Å². The number of phenolic OH excluding ortho intramolecular Hbond substituents is 1.